The van der Waals surface area contributed by atoms with Gasteiger partial charge in [-0.3, -0.25) is 0 Å². The van der Waals surface area contributed by atoms with Gasteiger partial charge in [0.25, 0.3) is 6.71 Å². The Morgan fingerprint density at radius 2 is 0.560 bits per heavy atom. The normalized spacial score (nSPS) is 12.2. The molecular weight excluding hydrogens is 908 g/mol. The zero-order valence-corrected chi connectivity index (χ0v) is 41.0. The summed E-state index contributed by atoms with van der Waals surface area (Å²) >= 11 is 0. The van der Waals surface area contributed by atoms with Gasteiger partial charge in [-0.2, -0.15) is 0 Å². The van der Waals surface area contributed by atoms with Gasteiger partial charge in [0.05, 0.1) is 11.4 Å². The lowest BCUT2D eigenvalue weighted by atomic mass is 9.33. The average molecular weight is 955 g/mol. The van der Waals surface area contributed by atoms with Crippen LogP contribution in [-0.4, -0.2) is 16.7 Å². The topological polar surface area (TPSA) is 32.3 Å². The van der Waals surface area contributed by atoms with Gasteiger partial charge in [0.2, 0.25) is 0 Å². The standard InChI is InChI=1S/C70H47BN4/c1-7-19-48(20-8-1)52-31-37-59(38-32-52)74-65-41-35-56(50-23-11-3-12-24-50)43-61(65)71-62-44-57(51-25-13-4-14-26-51)36-42-66(62)75(60-39-33-53(34-40-60)49-21-9-2-10-22-49)68-46-58(45-67(74)69(68)71)64-47-63(54-27-15-5-16-28-54)72-70(73-64)55-29-17-6-18-30-55/h1-47H. The van der Waals surface area contributed by atoms with Crippen LogP contribution in [0.1, 0.15) is 0 Å². The van der Waals surface area contributed by atoms with Crippen LogP contribution in [0.3, 0.4) is 0 Å². The summed E-state index contributed by atoms with van der Waals surface area (Å²) in [6, 6.07) is 103. The van der Waals surface area contributed by atoms with Gasteiger partial charge >= 0.3 is 0 Å². The first-order valence-corrected chi connectivity index (χ1v) is 25.7. The molecule has 0 amide bonds. The second kappa shape index (κ2) is 18.6. The molecule has 0 radical (unpaired) electrons. The number of hydrogen-bond acceptors (Lipinski definition) is 4. The fourth-order valence-corrected chi connectivity index (χ4v) is 11.3. The second-order valence-electron chi connectivity index (χ2n) is 19.3. The van der Waals surface area contributed by atoms with Crippen LogP contribution in [0.15, 0.2) is 285 Å². The summed E-state index contributed by atoms with van der Waals surface area (Å²) in [5.41, 5.74) is 24.4. The molecule has 14 rings (SSSR count). The molecule has 0 unspecified atom stereocenters. The Balaban J connectivity index is 1.07. The quantitative estimate of drug-likeness (QED) is 0.135. The number of rotatable bonds is 9. The van der Waals surface area contributed by atoms with Gasteiger partial charge in [-0.15, -0.1) is 0 Å². The molecule has 350 valence electrons. The molecule has 0 fully saturated rings. The molecule has 2 aliphatic rings. The molecule has 0 saturated heterocycles. The van der Waals surface area contributed by atoms with E-state index in [-0.39, 0.29) is 6.71 Å². The predicted molar refractivity (Wildman–Crippen MR) is 314 cm³/mol. The molecule has 1 aromatic heterocycles. The third-order valence-corrected chi connectivity index (χ3v) is 14.9. The van der Waals surface area contributed by atoms with E-state index in [4.69, 9.17) is 9.97 Å². The first-order valence-electron chi connectivity index (χ1n) is 25.7. The fourth-order valence-electron chi connectivity index (χ4n) is 11.3. The van der Waals surface area contributed by atoms with Crippen LogP contribution in [0.2, 0.25) is 0 Å². The van der Waals surface area contributed by atoms with Crippen molar-refractivity contribution in [3.05, 3.63) is 285 Å². The number of aromatic nitrogens is 2. The van der Waals surface area contributed by atoms with Crippen LogP contribution < -0.4 is 26.2 Å². The summed E-state index contributed by atoms with van der Waals surface area (Å²) in [7, 11) is 0. The molecule has 0 N–H and O–H groups in total. The Kier molecular flexibility index (Phi) is 10.9. The Hall–Kier alpha value is -9.84. The van der Waals surface area contributed by atoms with Gasteiger partial charge in [-0.05, 0) is 115 Å². The molecule has 0 saturated carbocycles. The summed E-state index contributed by atoms with van der Waals surface area (Å²) in [5, 5.41) is 0. The monoisotopic (exact) mass is 954 g/mol. The first kappa shape index (κ1) is 43.9. The molecule has 0 aliphatic carbocycles. The van der Waals surface area contributed by atoms with Crippen molar-refractivity contribution in [3.8, 4) is 78.4 Å². The molecule has 11 aromatic carbocycles. The third-order valence-electron chi connectivity index (χ3n) is 14.9. The zero-order chi connectivity index (χ0) is 49.7. The predicted octanol–water partition coefficient (Wildman–Crippen LogP) is 16.2. The molecule has 2 aliphatic heterocycles. The molecule has 75 heavy (non-hydrogen) atoms. The van der Waals surface area contributed by atoms with Crippen molar-refractivity contribution in [3.63, 3.8) is 0 Å². The average Bonchev–Trinajstić information content (AvgIpc) is 3.51. The fraction of sp³-hybridized carbons (Fsp3) is 0. The number of benzene rings is 11. The van der Waals surface area contributed by atoms with E-state index in [0.717, 1.165) is 62.2 Å². The van der Waals surface area contributed by atoms with E-state index in [1.807, 2.05) is 6.07 Å². The van der Waals surface area contributed by atoms with Crippen molar-refractivity contribution in [2.75, 3.05) is 9.80 Å². The van der Waals surface area contributed by atoms with Crippen molar-refractivity contribution in [2.45, 2.75) is 0 Å². The Morgan fingerprint density at radius 3 is 0.960 bits per heavy atom. The number of anilines is 6. The maximum Gasteiger partial charge on any atom is 0.252 e. The number of nitrogens with zero attached hydrogens (tertiary/aromatic N) is 4. The lowest BCUT2D eigenvalue weighted by Crippen LogP contribution is -2.61. The largest absolute Gasteiger partial charge is 0.311 e. The van der Waals surface area contributed by atoms with E-state index < -0.39 is 0 Å². The van der Waals surface area contributed by atoms with E-state index in [9.17, 15) is 0 Å². The maximum absolute atomic E-state index is 5.48. The summed E-state index contributed by atoms with van der Waals surface area (Å²) in [6.07, 6.45) is 0. The Morgan fingerprint density at radius 1 is 0.240 bits per heavy atom. The molecule has 4 nitrogen and oxygen atoms in total. The number of fused-ring (bicyclic) bond motifs is 4. The molecule has 12 aromatic rings. The van der Waals surface area contributed by atoms with E-state index >= 15 is 0 Å². The van der Waals surface area contributed by atoms with Gasteiger partial charge in [-0.1, -0.05) is 231 Å². The maximum atomic E-state index is 5.48. The molecule has 0 bridgehead atoms. The van der Waals surface area contributed by atoms with Gasteiger partial charge in [-0.25, -0.2) is 9.97 Å². The van der Waals surface area contributed by atoms with E-state index in [2.05, 4.69) is 289 Å². The first-order chi connectivity index (χ1) is 37.2. The lowest BCUT2D eigenvalue weighted by Gasteiger charge is -2.44. The van der Waals surface area contributed by atoms with Crippen molar-refractivity contribution in [2.24, 2.45) is 0 Å². The van der Waals surface area contributed by atoms with Crippen molar-refractivity contribution < 1.29 is 0 Å². The van der Waals surface area contributed by atoms with Gasteiger partial charge in [0.1, 0.15) is 0 Å². The molecular formula is C70H47BN4. The molecule has 3 heterocycles. The van der Waals surface area contributed by atoms with Gasteiger partial charge < -0.3 is 9.80 Å². The molecule has 0 atom stereocenters. The van der Waals surface area contributed by atoms with Crippen LogP contribution in [0.4, 0.5) is 34.1 Å². The Labute approximate surface area is 438 Å². The van der Waals surface area contributed by atoms with Crippen molar-refractivity contribution in [1.82, 2.24) is 9.97 Å². The minimum Gasteiger partial charge on any atom is -0.311 e. The number of hydrogen-bond donors (Lipinski definition) is 0. The lowest BCUT2D eigenvalue weighted by molar-refractivity contribution is 1.18. The third kappa shape index (κ3) is 7.99. The van der Waals surface area contributed by atoms with E-state index in [0.29, 0.717) is 5.82 Å². The summed E-state index contributed by atoms with van der Waals surface area (Å²) in [5.74, 6) is 0.676. The summed E-state index contributed by atoms with van der Waals surface area (Å²) < 4.78 is 0. The van der Waals surface area contributed by atoms with Crippen molar-refractivity contribution >= 4 is 57.2 Å². The highest BCUT2D eigenvalue weighted by atomic mass is 15.2. The highest BCUT2D eigenvalue weighted by Gasteiger charge is 2.44. The summed E-state index contributed by atoms with van der Waals surface area (Å²) in [6.45, 7) is -0.133. The van der Waals surface area contributed by atoms with E-state index in [1.54, 1.807) is 0 Å². The Bertz CT molecular complexity index is 3770. The van der Waals surface area contributed by atoms with Crippen LogP contribution in [0.25, 0.3) is 78.4 Å². The zero-order valence-electron chi connectivity index (χ0n) is 41.0. The minimum atomic E-state index is -0.133. The highest BCUT2D eigenvalue weighted by molar-refractivity contribution is 7.00. The van der Waals surface area contributed by atoms with Crippen molar-refractivity contribution in [1.29, 1.82) is 0 Å². The molecule has 5 heteroatoms. The SMILES string of the molecule is c1ccc(-c2ccc(N3c4ccc(-c5ccccc5)cc4B4c5cc(-c6ccccc6)ccc5N(c5ccc(-c6ccccc6)cc5)c5cc(-c6cc(-c7ccccc7)nc(-c7ccccc7)n6)cc3c54)cc2)cc1. The minimum absolute atomic E-state index is 0.133. The van der Waals surface area contributed by atoms with Gasteiger partial charge in [0, 0.05) is 50.8 Å². The van der Waals surface area contributed by atoms with E-state index in [1.165, 1.54) is 60.9 Å². The summed E-state index contributed by atoms with van der Waals surface area (Å²) in [4.78, 5) is 15.7. The highest BCUT2D eigenvalue weighted by Crippen LogP contribution is 2.47. The van der Waals surface area contributed by atoms with Crippen LogP contribution in [-0.2, 0) is 0 Å². The molecule has 0 spiro atoms. The van der Waals surface area contributed by atoms with Gasteiger partial charge in [0.15, 0.2) is 5.82 Å². The smallest absolute Gasteiger partial charge is 0.252 e. The van der Waals surface area contributed by atoms with Crippen LogP contribution in [0.5, 0.6) is 0 Å². The van der Waals surface area contributed by atoms with Crippen LogP contribution in [0, 0.1) is 0 Å². The second-order valence-corrected chi connectivity index (χ2v) is 19.3. The van der Waals surface area contributed by atoms with Crippen LogP contribution >= 0.6 is 0 Å².